The van der Waals surface area contributed by atoms with Crippen LogP contribution in [0, 0.1) is 5.92 Å². The largest absolute Gasteiger partial charge is 0.308 e. The number of nitrogens with one attached hydrogen (secondary N) is 1. The van der Waals surface area contributed by atoms with Crippen molar-refractivity contribution in [2.24, 2.45) is 5.92 Å². The van der Waals surface area contributed by atoms with Crippen LogP contribution in [0.4, 0.5) is 0 Å². The summed E-state index contributed by atoms with van der Waals surface area (Å²) in [6.07, 6.45) is 5.52. The molecule has 4 heterocycles. The monoisotopic (exact) mass is 408 g/mol. The van der Waals surface area contributed by atoms with Crippen molar-refractivity contribution in [1.29, 1.82) is 0 Å². The summed E-state index contributed by atoms with van der Waals surface area (Å²) in [5.41, 5.74) is 4.30. The molecule has 0 amide bonds. The fraction of sp³-hybridized carbons (Fsp3) is 0.379. The van der Waals surface area contributed by atoms with E-state index in [9.17, 15) is 0 Å². The van der Waals surface area contributed by atoms with Gasteiger partial charge in [-0.05, 0) is 48.3 Å². The average Bonchev–Trinajstić information content (AvgIpc) is 3.13. The third-order valence-electron chi connectivity index (χ3n) is 8.09. The predicted octanol–water partition coefficient (Wildman–Crippen LogP) is 5.60. The summed E-state index contributed by atoms with van der Waals surface area (Å²) >= 11 is 0. The lowest BCUT2D eigenvalue weighted by atomic mass is 9.68. The minimum atomic E-state index is 0.405. The maximum atomic E-state index is 4.07. The molecule has 2 heteroatoms. The van der Waals surface area contributed by atoms with Crippen LogP contribution in [0.25, 0.3) is 0 Å². The van der Waals surface area contributed by atoms with E-state index in [1.807, 2.05) is 0 Å². The molecule has 0 aromatic heterocycles. The Kier molecular flexibility index (Phi) is 5.13. The highest BCUT2D eigenvalue weighted by Gasteiger charge is 2.56. The van der Waals surface area contributed by atoms with Crippen LogP contribution in [0.3, 0.4) is 0 Å². The van der Waals surface area contributed by atoms with E-state index in [1.54, 1.807) is 0 Å². The van der Waals surface area contributed by atoms with E-state index in [2.05, 4.69) is 101 Å². The molecule has 3 aromatic rings. The number of hydrogen-bond donors (Lipinski definition) is 1. The maximum absolute atomic E-state index is 4.07. The molecule has 0 spiro atoms. The Morgan fingerprint density at radius 1 is 0.710 bits per heavy atom. The first-order valence-electron chi connectivity index (χ1n) is 12.0. The summed E-state index contributed by atoms with van der Waals surface area (Å²) in [7, 11) is 0. The molecule has 0 radical (unpaired) electrons. The summed E-state index contributed by atoms with van der Waals surface area (Å²) in [4.78, 5) is 2.95. The lowest BCUT2D eigenvalue weighted by Gasteiger charge is -2.58. The Balaban J connectivity index is 1.40. The molecule has 4 saturated heterocycles. The molecule has 4 fully saturated rings. The molecule has 2 unspecified atom stereocenters. The number of nitrogens with zero attached hydrogens (tertiary/aromatic N) is 1. The van der Waals surface area contributed by atoms with Crippen molar-refractivity contribution < 1.29 is 0 Å². The minimum Gasteiger partial charge on any atom is -0.308 e. The van der Waals surface area contributed by atoms with Crippen molar-refractivity contribution >= 4 is 0 Å². The van der Waals surface area contributed by atoms with Gasteiger partial charge in [0, 0.05) is 36.6 Å². The molecule has 31 heavy (non-hydrogen) atoms. The van der Waals surface area contributed by atoms with Gasteiger partial charge in [0.2, 0.25) is 0 Å². The second-order valence-corrected chi connectivity index (χ2v) is 9.75. The van der Waals surface area contributed by atoms with Gasteiger partial charge in [-0.2, -0.15) is 0 Å². The van der Waals surface area contributed by atoms with Gasteiger partial charge < -0.3 is 5.32 Å². The Morgan fingerprint density at radius 3 is 1.77 bits per heavy atom. The van der Waals surface area contributed by atoms with E-state index in [-0.39, 0.29) is 0 Å². The van der Waals surface area contributed by atoms with E-state index >= 15 is 0 Å². The number of hydrogen-bond acceptors (Lipinski definition) is 2. The first kappa shape index (κ1) is 19.3. The summed E-state index contributed by atoms with van der Waals surface area (Å²) in [5, 5.41) is 4.07. The lowest BCUT2D eigenvalue weighted by molar-refractivity contribution is -0.0464. The van der Waals surface area contributed by atoms with Crippen molar-refractivity contribution in [2.75, 3.05) is 0 Å². The minimum absolute atomic E-state index is 0.405. The molecule has 2 nitrogen and oxygen atoms in total. The summed E-state index contributed by atoms with van der Waals surface area (Å²) < 4.78 is 0. The first-order chi connectivity index (χ1) is 15.4. The Morgan fingerprint density at radius 2 is 1.23 bits per heavy atom. The van der Waals surface area contributed by atoms with Gasteiger partial charge in [0.1, 0.15) is 0 Å². The van der Waals surface area contributed by atoms with Crippen LogP contribution in [0.2, 0.25) is 0 Å². The second kappa shape index (κ2) is 8.26. The van der Waals surface area contributed by atoms with Crippen LogP contribution in [0.1, 0.15) is 48.3 Å². The zero-order valence-corrected chi connectivity index (χ0v) is 18.1. The van der Waals surface area contributed by atoms with Crippen molar-refractivity contribution in [3.63, 3.8) is 0 Å². The second-order valence-electron chi connectivity index (χ2n) is 9.75. The number of piperidine rings is 3. The van der Waals surface area contributed by atoms with Gasteiger partial charge >= 0.3 is 0 Å². The predicted molar refractivity (Wildman–Crippen MR) is 127 cm³/mol. The Bertz CT molecular complexity index is 934. The summed E-state index contributed by atoms with van der Waals surface area (Å²) in [6.45, 7) is 0.956. The average molecular weight is 409 g/mol. The van der Waals surface area contributed by atoms with Crippen LogP contribution in [0.15, 0.2) is 91.0 Å². The van der Waals surface area contributed by atoms with E-state index in [0.717, 1.165) is 24.5 Å². The first-order valence-corrected chi connectivity index (χ1v) is 12.0. The van der Waals surface area contributed by atoms with Crippen LogP contribution < -0.4 is 5.32 Å². The maximum Gasteiger partial charge on any atom is 0.0367 e. The van der Waals surface area contributed by atoms with Gasteiger partial charge in [-0.15, -0.1) is 0 Å². The van der Waals surface area contributed by atoms with E-state index < -0.39 is 0 Å². The van der Waals surface area contributed by atoms with Crippen LogP contribution in [-0.2, 0) is 6.54 Å². The smallest absolute Gasteiger partial charge is 0.0367 e. The molecule has 7 rings (SSSR count). The number of rotatable bonds is 6. The van der Waals surface area contributed by atoms with Crippen molar-refractivity contribution in [1.82, 2.24) is 10.2 Å². The van der Waals surface area contributed by atoms with E-state index in [0.29, 0.717) is 18.0 Å². The molecule has 4 aliphatic heterocycles. The van der Waals surface area contributed by atoms with E-state index in [1.165, 1.54) is 42.4 Å². The van der Waals surface area contributed by atoms with E-state index in [4.69, 9.17) is 0 Å². The van der Waals surface area contributed by atoms with Gasteiger partial charge in [0.05, 0.1) is 0 Å². The molecular formula is C29H32N2. The number of fused-ring (bicyclic) bond motifs is 1. The topological polar surface area (TPSA) is 15.3 Å². The molecule has 1 N–H and O–H groups in total. The summed E-state index contributed by atoms with van der Waals surface area (Å²) in [6, 6.07) is 36.0. The SMILES string of the molecule is c1ccc(CN[C@H]2C3C[C@H]4CC[C@@H](C3)N4[C@H]2C(c2ccccc2)c2ccccc2)cc1. The summed E-state index contributed by atoms with van der Waals surface area (Å²) in [5.74, 6) is 1.19. The van der Waals surface area contributed by atoms with Gasteiger partial charge in [-0.1, -0.05) is 91.0 Å². The zero-order valence-electron chi connectivity index (χ0n) is 18.1. The Labute approximate surface area is 186 Å². The zero-order chi connectivity index (χ0) is 20.6. The molecule has 4 bridgehead atoms. The molecule has 6 atom stereocenters. The third-order valence-corrected chi connectivity index (χ3v) is 8.09. The number of benzene rings is 3. The van der Waals surface area contributed by atoms with Crippen LogP contribution >= 0.6 is 0 Å². The molecule has 4 aliphatic rings. The van der Waals surface area contributed by atoms with Crippen LogP contribution in [0.5, 0.6) is 0 Å². The quantitative estimate of drug-likeness (QED) is 0.571. The van der Waals surface area contributed by atoms with Crippen LogP contribution in [-0.4, -0.2) is 29.1 Å². The lowest BCUT2D eigenvalue weighted by Crippen LogP contribution is -2.68. The Hall–Kier alpha value is -2.42. The highest BCUT2D eigenvalue weighted by Crippen LogP contribution is 2.51. The fourth-order valence-electron chi connectivity index (χ4n) is 6.91. The van der Waals surface area contributed by atoms with Gasteiger partial charge in [-0.25, -0.2) is 0 Å². The molecular weight excluding hydrogens is 376 g/mol. The van der Waals surface area contributed by atoms with Gasteiger partial charge in [0.25, 0.3) is 0 Å². The molecule has 158 valence electrons. The highest BCUT2D eigenvalue weighted by molar-refractivity contribution is 5.37. The van der Waals surface area contributed by atoms with Gasteiger partial charge in [0.15, 0.2) is 0 Å². The molecule has 3 aromatic carbocycles. The fourth-order valence-corrected chi connectivity index (χ4v) is 6.91. The van der Waals surface area contributed by atoms with Crippen molar-refractivity contribution in [3.8, 4) is 0 Å². The van der Waals surface area contributed by atoms with Gasteiger partial charge in [-0.3, -0.25) is 4.90 Å². The van der Waals surface area contributed by atoms with Crippen molar-refractivity contribution in [2.45, 2.75) is 62.3 Å². The third kappa shape index (κ3) is 3.52. The standard InChI is InChI=1S/C29H32N2/c1-4-10-21(11-5-1)20-30-28-24-18-25-16-17-26(19-24)31(25)29(28)27(22-12-6-2-7-13-22)23-14-8-3-9-15-23/h1-15,24-30H,16-20H2/t24?,25-,26+,28-,29-/m0/s1. The highest BCUT2D eigenvalue weighted by atomic mass is 15.3. The molecule has 0 aliphatic carbocycles. The normalized spacial score (nSPS) is 31.3. The molecule has 0 saturated carbocycles. The van der Waals surface area contributed by atoms with Crippen molar-refractivity contribution in [3.05, 3.63) is 108 Å².